The molecule has 0 bridgehead atoms. The Labute approximate surface area is 127 Å². The molecule has 0 spiro atoms. The number of non-ortho nitro benzene ring substituents is 1. The van der Waals surface area contributed by atoms with Crippen LogP contribution in [0.25, 0.3) is 0 Å². The van der Waals surface area contributed by atoms with Crippen LogP contribution in [0.4, 0.5) is 22.7 Å². The van der Waals surface area contributed by atoms with E-state index in [4.69, 9.17) is 0 Å². The number of hydrogen-bond acceptors (Lipinski definition) is 5. The van der Waals surface area contributed by atoms with Crippen LogP contribution in [0, 0.1) is 10.1 Å². The van der Waals surface area contributed by atoms with E-state index in [9.17, 15) is 20.0 Å². The predicted octanol–water partition coefficient (Wildman–Crippen LogP) is 3.10. The minimum absolute atomic E-state index is 0.149. The minimum atomic E-state index is -1.23. The normalized spacial score (nSPS) is 10.1. The van der Waals surface area contributed by atoms with Crippen molar-refractivity contribution in [3.05, 3.63) is 58.1 Å². The monoisotopic (exact) mass is 301 g/mol. The molecule has 22 heavy (non-hydrogen) atoms. The molecule has 7 heteroatoms. The van der Waals surface area contributed by atoms with Gasteiger partial charge in [0.25, 0.3) is 5.69 Å². The SMILES string of the molecule is CN(C)c1cccc(Nc2ccc([N+](=O)[O-])cc2C(=O)O)c1. The Balaban J connectivity index is 2.39. The zero-order valence-corrected chi connectivity index (χ0v) is 12.1. The summed E-state index contributed by atoms with van der Waals surface area (Å²) in [6, 6.07) is 11.1. The van der Waals surface area contributed by atoms with Crippen molar-refractivity contribution in [2.45, 2.75) is 0 Å². The van der Waals surface area contributed by atoms with Crippen molar-refractivity contribution in [3.63, 3.8) is 0 Å². The standard InChI is InChI=1S/C15H15N3O4/c1-17(2)11-5-3-4-10(8-11)16-14-7-6-12(18(21)22)9-13(14)15(19)20/h3-9,16H,1-2H3,(H,19,20). The molecule has 0 aromatic heterocycles. The number of nitrogens with one attached hydrogen (secondary N) is 1. The van der Waals surface area contributed by atoms with Gasteiger partial charge in [0.1, 0.15) is 0 Å². The molecule has 0 heterocycles. The molecule has 2 aromatic carbocycles. The molecule has 2 rings (SSSR count). The van der Waals surface area contributed by atoms with E-state index in [1.54, 1.807) is 6.07 Å². The van der Waals surface area contributed by atoms with Gasteiger partial charge in [-0.1, -0.05) is 6.07 Å². The second-order valence-corrected chi connectivity index (χ2v) is 4.86. The van der Waals surface area contributed by atoms with Crippen molar-refractivity contribution in [1.82, 2.24) is 0 Å². The fourth-order valence-corrected chi connectivity index (χ4v) is 1.95. The van der Waals surface area contributed by atoms with Gasteiger partial charge in [0.15, 0.2) is 0 Å². The van der Waals surface area contributed by atoms with Crippen LogP contribution in [0.5, 0.6) is 0 Å². The lowest BCUT2D eigenvalue weighted by Gasteiger charge is -2.15. The summed E-state index contributed by atoms with van der Waals surface area (Å²) in [4.78, 5) is 23.3. The molecule has 0 unspecified atom stereocenters. The molecule has 114 valence electrons. The van der Waals surface area contributed by atoms with Crippen molar-refractivity contribution in [3.8, 4) is 0 Å². The van der Waals surface area contributed by atoms with E-state index in [1.165, 1.54) is 12.1 Å². The predicted molar refractivity (Wildman–Crippen MR) is 84.1 cm³/mol. The second-order valence-electron chi connectivity index (χ2n) is 4.86. The number of nitrogens with zero attached hydrogens (tertiary/aromatic N) is 2. The van der Waals surface area contributed by atoms with E-state index in [0.29, 0.717) is 11.4 Å². The molecular weight excluding hydrogens is 286 g/mol. The topological polar surface area (TPSA) is 95.7 Å². The molecule has 0 fully saturated rings. The Bertz CT molecular complexity index is 728. The molecule has 2 N–H and O–H groups in total. The first kappa shape index (κ1) is 15.3. The van der Waals surface area contributed by atoms with Crippen LogP contribution >= 0.6 is 0 Å². The van der Waals surface area contributed by atoms with Gasteiger partial charge in [-0.05, 0) is 24.3 Å². The molecule has 0 aliphatic carbocycles. The Hall–Kier alpha value is -3.09. The van der Waals surface area contributed by atoms with Gasteiger partial charge in [-0.2, -0.15) is 0 Å². The van der Waals surface area contributed by atoms with Crippen LogP contribution in [-0.2, 0) is 0 Å². The molecule has 7 nitrogen and oxygen atoms in total. The summed E-state index contributed by atoms with van der Waals surface area (Å²) in [5, 5.41) is 23.0. The third-order valence-corrected chi connectivity index (χ3v) is 3.09. The van der Waals surface area contributed by atoms with Gasteiger partial charge in [-0.3, -0.25) is 10.1 Å². The molecule has 0 saturated heterocycles. The number of anilines is 3. The van der Waals surface area contributed by atoms with Crippen molar-refractivity contribution in [1.29, 1.82) is 0 Å². The molecule has 0 atom stereocenters. The highest BCUT2D eigenvalue weighted by Crippen LogP contribution is 2.27. The minimum Gasteiger partial charge on any atom is -0.478 e. The van der Waals surface area contributed by atoms with E-state index in [0.717, 1.165) is 11.8 Å². The van der Waals surface area contributed by atoms with Crippen molar-refractivity contribution >= 4 is 28.7 Å². The molecular formula is C15H15N3O4. The number of benzene rings is 2. The maximum Gasteiger partial charge on any atom is 0.338 e. The lowest BCUT2D eigenvalue weighted by Crippen LogP contribution is -2.09. The largest absolute Gasteiger partial charge is 0.478 e. The summed E-state index contributed by atoms with van der Waals surface area (Å²) in [6.07, 6.45) is 0. The van der Waals surface area contributed by atoms with E-state index in [1.807, 2.05) is 37.2 Å². The average Bonchev–Trinajstić information content (AvgIpc) is 2.47. The number of rotatable bonds is 5. The number of hydrogen-bond donors (Lipinski definition) is 2. The summed E-state index contributed by atoms with van der Waals surface area (Å²) in [6.45, 7) is 0. The lowest BCUT2D eigenvalue weighted by molar-refractivity contribution is -0.384. The van der Waals surface area contributed by atoms with Gasteiger partial charge in [0.2, 0.25) is 0 Å². The van der Waals surface area contributed by atoms with Crippen LogP contribution in [0.1, 0.15) is 10.4 Å². The first-order chi connectivity index (χ1) is 10.4. The van der Waals surface area contributed by atoms with Crippen molar-refractivity contribution < 1.29 is 14.8 Å². The third kappa shape index (κ3) is 3.32. The zero-order valence-electron chi connectivity index (χ0n) is 12.1. The highest BCUT2D eigenvalue weighted by Gasteiger charge is 2.16. The Morgan fingerprint density at radius 3 is 2.55 bits per heavy atom. The number of aromatic carboxylic acids is 1. The van der Waals surface area contributed by atoms with Crippen molar-refractivity contribution in [2.75, 3.05) is 24.3 Å². The number of nitro benzene ring substituents is 1. The fraction of sp³-hybridized carbons (Fsp3) is 0.133. The third-order valence-electron chi connectivity index (χ3n) is 3.09. The zero-order chi connectivity index (χ0) is 16.3. The maximum absolute atomic E-state index is 11.3. The van der Waals surface area contributed by atoms with E-state index < -0.39 is 10.9 Å². The average molecular weight is 301 g/mol. The van der Waals surface area contributed by atoms with Crippen LogP contribution in [0.2, 0.25) is 0 Å². The summed E-state index contributed by atoms with van der Waals surface area (Å²) >= 11 is 0. The van der Waals surface area contributed by atoms with Gasteiger partial charge >= 0.3 is 5.97 Å². The first-order valence-electron chi connectivity index (χ1n) is 6.44. The molecule has 0 saturated carbocycles. The number of carboxylic acids is 1. The van der Waals surface area contributed by atoms with Crippen LogP contribution in [0.15, 0.2) is 42.5 Å². The summed E-state index contributed by atoms with van der Waals surface area (Å²) in [5.74, 6) is -1.23. The highest BCUT2D eigenvalue weighted by molar-refractivity contribution is 5.96. The molecule has 0 amide bonds. The molecule has 0 aliphatic heterocycles. The van der Waals surface area contributed by atoms with Gasteiger partial charge in [0, 0.05) is 37.6 Å². The van der Waals surface area contributed by atoms with Crippen molar-refractivity contribution in [2.24, 2.45) is 0 Å². The Morgan fingerprint density at radius 1 is 1.23 bits per heavy atom. The molecule has 0 radical (unpaired) electrons. The Morgan fingerprint density at radius 2 is 1.95 bits per heavy atom. The van der Waals surface area contributed by atoms with Gasteiger partial charge in [0.05, 0.1) is 16.2 Å². The fourth-order valence-electron chi connectivity index (χ4n) is 1.95. The summed E-state index contributed by atoms with van der Waals surface area (Å²) in [7, 11) is 3.79. The number of carbonyl (C=O) groups is 1. The van der Waals surface area contributed by atoms with Gasteiger partial charge in [-0.15, -0.1) is 0 Å². The van der Waals surface area contributed by atoms with Crippen LogP contribution in [-0.4, -0.2) is 30.1 Å². The maximum atomic E-state index is 11.3. The number of carboxylic acid groups (broad SMARTS) is 1. The van der Waals surface area contributed by atoms with E-state index in [-0.39, 0.29) is 11.3 Å². The highest BCUT2D eigenvalue weighted by atomic mass is 16.6. The van der Waals surface area contributed by atoms with Gasteiger partial charge in [-0.25, -0.2) is 4.79 Å². The van der Waals surface area contributed by atoms with Crippen LogP contribution < -0.4 is 10.2 Å². The first-order valence-corrected chi connectivity index (χ1v) is 6.44. The second kappa shape index (κ2) is 6.13. The Kier molecular flexibility index (Phi) is 4.26. The molecule has 2 aromatic rings. The molecule has 0 aliphatic rings. The van der Waals surface area contributed by atoms with Gasteiger partial charge < -0.3 is 15.3 Å². The quantitative estimate of drug-likeness (QED) is 0.650. The lowest BCUT2D eigenvalue weighted by atomic mass is 10.1. The summed E-state index contributed by atoms with van der Waals surface area (Å²) in [5.41, 5.74) is 1.54. The number of nitro groups is 1. The smallest absolute Gasteiger partial charge is 0.338 e. The summed E-state index contributed by atoms with van der Waals surface area (Å²) < 4.78 is 0. The van der Waals surface area contributed by atoms with E-state index >= 15 is 0 Å². The van der Waals surface area contributed by atoms with E-state index in [2.05, 4.69) is 5.32 Å². The van der Waals surface area contributed by atoms with Crippen LogP contribution in [0.3, 0.4) is 0 Å².